The van der Waals surface area contributed by atoms with Gasteiger partial charge in [-0.05, 0) is 28.7 Å². The highest BCUT2D eigenvalue weighted by atomic mass is 16.7. The lowest BCUT2D eigenvalue weighted by molar-refractivity contribution is -0.342. The van der Waals surface area contributed by atoms with Gasteiger partial charge in [0.05, 0.1) is 51.8 Å². The third-order valence-electron chi connectivity index (χ3n) is 11.3. The molecule has 3 fully saturated rings. The van der Waals surface area contributed by atoms with Crippen molar-refractivity contribution in [1.82, 2.24) is 0 Å². The van der Waals surface area contributed by atoms with Gasteiger partial charge in [0.1, 0.15) is 36.6 Å². The minimum atomic E-state index is -1.07. The lowest BCUT2D eigenvalue weighted by atomic mass is 9.80. The first-order chi connectivity index (χ1) is 29.1. The summed E-state index contributed by atoms with van der Waals surface area (Å²) in [5.41, 5.74) is 4.91. The van der Waals surface area contributed by atoms with Crippen LogP contribution in [0.2, 0.25) is 0 Å². The number of rotatable bonds is 17. The molecule has 3 aliphatic rings. The fraction of sp³-hybridized carbons (Fsp3) is 0.388. The number of ether oxygens (including phenoxy) is 9. The largest absolute Gasteiger partial charge is 0.388 e. The van der Waals surface area contributed by atoms with E-state index in [4.69, 9.17) is 42.6 Å². The van der Waals surface area contributed by atoms with Crippen LogP contribution in [-0.2, 0) is 69.1 Å². The van der Waals surface area contributed by atoms with E-state index >= 15 is 0 Å². The van der Waals surface area contributed by atoms with Crippen molar-refractivity contribution in [2.45, 2.75) is 94.3 Å². The zero-order valence-electron chi connectivity index (χ0n) is 33.4. The Morgan fingerprint density at radius 2 is 1.05 bits per heavy atom. The number of benzene rings is 5. The van der Waals surface area contributed by atoms with Crippen molar-refractivity contribution in [2.24, 2.45) is 5.92 Å². The van der Waals surface area contributed by atoms with Gasteiger partial charge < -0.3 is 47.7 Å². The van der Waals surface area contributed by atoms with Gasteiger partial charge in [-0.1, -0.05) is 152 Å². The zero-order chi connectivity index (χ0) is 40.2. The molecule has 5 aromatic rings. The van der Waals surface area contributed by atoms with Gasteiger partial charge in [0.2, 0.25) is 0 Å². The Balaban J connectivity index is 1.09. The Labute approximate surface area is 346 Å². The average molecular weight is 803 g/mol. The van der Waals surface area contributed by atoms with E-state index in [0.29, 0.717) is 26.2 Å². The van der Waals surface area contributed by atoms with Crippen molar-refractivity contribution in [3.8, 4) is 0 Å². The first-order valence-electron chi connectivity index (χ1n) is 20.5. The van der Waals surface area contributed by atoms with E-state index in [1.165, 1.54) is 0 Å². The molecular weight excluding hydrogens is 749 g/mol. The summed E-state index contributed by atoms with van der Waals surface area (Å²) >= 11 is 0. The minimum absolute atomic E-state index is 0.137. The Bertz CT molecular complexity index is 1940. The summed E-state index contributed by atoms with van der Waals surface area (Å²) in [4.78, 5) is 0. The predicted molar refractivity (Wildman–Crippen MR) is 220 cm³/mol. The van der Waals surface area contributed by atoms with E-state index in [-0.39, 0.29) is 25.7 Å². The maximum absolute atomic E-state index is 12.4. The number of aliphatic hydroxyl groups excluding tert-OH is 1. The molecule has 10 heteroatoms. The molecule has 0 radical (unpaired) electrons. The van der Waals surface area contributed by atoms with Crippen molar-refractivity contribution in [3.05, 3.63) is 179 Å². The lowest BCUT2D eigenvalue weighted by Gasteiger charge is -2.51. The Morgan fingerprint density at radius 3 is 1.59 bits per heavy atom. The van der Waals surface area contributed by atoms with Crippen LogP contribution in [-0.4, -0.2) is 80.6 Å². The molecule has 2 aliphatic heterocycles. The standard InChI is InChI=1S/C49H54O10/c1-51-49-47(55-31-37-23-13-5-14-24-37)46(54-30-36-21-11-4-12-22-36)44(41(58-49)33-52-28-34-17-7-2-8-18-34)57-40-27-39-32-56-48(38-25-15-6-16-26-38)59-43(39)45(42(40)50)53-29-35-19-9-3-10-20-35/h2-26,39-50H,27-33H2,1H3/t39-,40-,41-,42-,43-,44-,45-,46+,47-,48-,49-/m1/s1. The summed E-state index contributed by atoms with van der Waals surface area (Å²) in [5, 5.41) is 12.4. The normalized spacial score (nSPS) is 29.4. The molecule has 11 atom stereocenters. The summed E-state index contributed by atoms with van der Waals surface area (Å²) in [5.74, 6) is -0.137. The minimum Gasteiger partial charge on any atom is -0.388 e. The predicted octanol–water partition coefficient (Wildman–Crippen LogP) is 7.58. The molecular formula is C49H54O10. The van der Waals surface area contributed by atoms with Gasteiger partial charge in [-0.2, -0.15) is 0 Å². The summed E-state index contributed by atoms with van der Waals surface area (Å²) in [6.07, 6.45) is -6.72. The number of hydrogen-bond acceptors (Lipinski definition) is 10. The monoisotopic (exact) mass is 802 g/mol. The Morgan fingerprint density at radius 1 is 0.559 bits per heavy atom. The first-order valence-corrected chi connectivity index (χ1v) is 20.5. The van der Waals surface area contributed by atoms with Crippen LogP contribution < -0.4 is 0 Å². The highest BCUT2D eigenvalue weighted by Crippen LogP contribution is 2.41. The molecule has 2 saturated heterocycles. The highest BCUT2D eigenvalue weighted by molar-refractivity contribution is 5.18. The zero-order valence-corrected chi connectivity index (χ0v) is 33.4. The van der Waals surface area contributed by atoms with Crippen LogP contribution in [0.4, 0.5) is 0 Å². The molecule has 59 heavy (non-hydrogen) atoms. The average Bonchev–Trinajstić information content (AvgIpc) is 3.29. The molecule has 0 unspecified atom stereocenters. The SMILES string of the molecule is CO[C@@H]1O[C@H](COCc2ccccc2)[C@@H](O[C@@H]2C[C@@H]3CO[C@@H](c4ccccc4)O[C@H]3[C@H](OCc3ccccc3)[C@@H]2O)[C@H](OCc2ccccc2)[C@H]1OCc1ccccc1. The quantitative estimate of drug-likeness (QED) is 0.101. The van der Waals surface area contributed by atoms with Crippen LogP contribution in [0.1, 0.15) is 40.5 Å². The molecule has 1 N–H and O–H groups in total. The third kappa shape index (κ3) is 10.7. The molecule has 2 heterocycles. The second-order valence-corrected chi connectivity index (χ2v) is 15.4. The van der Waals surface area contributed by atoms with E-state index in [0.717, 1.165) is 27.8 Å². The van der Waals surface area contributed by atoms with Crippen LogP contribution in [0, 0.1) is 5.92 Å². The third-order valence-corrected chi connectivity index (χ3v) is 11.3. The number of methoxy groups -OCH3 is 1. The van der Waals surface area contributed by atoms with E-state index in [2.05, 4.69) is 0 Å². The van der Waals surface area contributed by atoms with E-state index in [9.17, 15) is 5.11 Å². The molecule has 0 spiro atoms. The van der Waals surface area contributed by atoms with Crippen LogP contribution in [0.5, 0.6) is 0 Å². The molecule has 5 aromatic carbocycles. The molecule has 310 valence electrons. The highest BCUT2D eigenvalue weighted by Gasteiger charge is 2.54. The van der Waals surface area contributed by atoms with Gasteiger partial charge in [0.15, 0.2) is 12.6 Å². The summed E-state index contributed by atoms with van der Waals surface area (Å²) < 4.78 is 59.4. The van der Waals surface area contributed by atoms with Crippen molar-refractivity contribution in [2.75, 3.05) is 20.3 Å². The second-order valence-electron chi connectivity index (χ2n) is 15.4. The van der Waals surface area contributed by atoms with E-state index in [1.54, 1.807) is 7.11 Å². The van der Waals surface area contributed by atoms with Crippen LogP contribution >= 0.6 is 0 Å². The van der Waals surface area contributed by atoms with Crippen LogP contribution in [0.25, 0.3) is 0 Å². The second kappa shape index (κ2) is 20.8. The van der Waals surface area contributed by atoms with Gasteiger partial charge in [0, 0.05) is 18.6 Å². The fourth-order valence-electron chi connectivity index (χ4n) is 8.21. The summed E-state index contributed by atoms with van der Waals surface area (Å²) in [6, 6.07) is 49.7. The smallest absolute Gasteiger partial charge is 0.186 e. The van der Waals surface area contributed by atoms with Gasteiger partial charge in [-0.3, -0.25) is 0 Å². The molecule has 10 nitrogen and oxygen atoms in total. The first kappa shape index (κ1) is 41.4. The topological polar surface area (TPSA) is 103 Å². The number of aliphatic hydroxyl groups is 1. The molecule has 0 bridgehead atoms. The van der Waals surface area contributed by atoms with Crippen molar-refractivity contribution >= 4 is 0 Å². The number of fused-ring (bicyclic) bond motifs is 1. The maximum Gasteiger partial charge on any atom is 0.186 e. The fourth-order valence-corrected chi connectivity index (χ4v) is 8.21. The van der Waals surface area contributed by atoms with Gasteiger partial charge in [0.25, 0.3) is 0 Å². The van der Waals surface area contributed by atoms with E-state index in [1.807, 2.05) is 152 Å². The van der Waals surface area contributed by atoms with E-state index < -0.39 is 61.4 Å². The molecule has 1 saturated carbocycles. The van der Waals surface area contributed by atoms with Crippen LogP contribution in [0.3, 0.4) is 0 Å². The van der Waals surface area contributed by atoms with Crippen molar-refractivity contribution < 1.29 is 47.7 Å². The molecule has 1 aliphatic carbocycles. The van der Waals surface area contributed by atoms with Gasteiger partial charge in [-0.15, -0.1) is 0 Å². The molecule has 0 amide bonds. The van der Waals surface area contributed by atoms with Crippen molar-refractivity contribution in [3.63, 3.8) is 0 Å². The molecule has 8 rings (SSSR count). The lowest BCUT2D eigenvalue weighted by Crippen LogP contribution is -2.65. The molecule has 0 aromatic heterocycles. The Hall–Kier alpha value is -4.30. The number of hydrogen-bond donors (Lipinski definition) is 1. The summed E-state index contributed by atoms with van der Waals surface area (Å²) in [7, 11) is 1.60. The van der Waals surface area contributed by atoms with Gasteiger partial charge >= 0.3 is 0 Å². The summed E-state index contributed by atoms with van der Waals surface area (Å²) in [6.45, 7) is 1.81. The Kier molecular flexibility index (Phi) is 14.6. The van der Waals surface area contributed by atoms with Crippen LogP contribution in [0.15, 0.2) is 152 Å². The van der Waals surface area contributed by atoms with Crippen molar-refractivity contribution in [1.29, 1.82) is 0 Å². The van der Waals surface area contributed by atoms with Gasteiger partial charge in [-0.25, -0.2) is 0 Å². The maximum atomic E-state index is 12.4.